The molecular formula is C3H8O3Si. The molecule has 0 heterocycles. The third kappa shape index (κ3) is 2.75. The van der Waals surface area contributed by atoms with E-state index in [4.69, 9.17) is 15.0 Å². The van der Waals surface area contributed by atoms with Crippen molar-refractivity contribution in [3.8, 4) is 0 Å². The van der Waals surface area contributed by atoms with Gasteiger partial charge in [0, 0.05) is 0 Å². The number of aliphatic hydroxyl groups is 2. The van der Waals surface area contributed by atoms with Gasteiger partial charge in [-0.25, -0.2) is 0 Å². The predicted molar refractivity (Wildman–Crippen MR) is 25.4 cm³/mol. The molecule has 0 saturated carbocycles. The van der Waals surface area contributed by atoms with Crippen molar-refractivity contribution in [1.29, 1.82) is 0 Å². The second kappa shape index (κ2) is 2.42. The van der Waals surface area contributed by atoms with E-state index in [0.717, 1.165) is 0 Å². The Balaban J connectivity index is 3.36. The molecule has 4 heteroatoms. The fourth-order valence-corrected chi connectivity index (χ4v) is 0.237. The van der Waals surface area contributed by atoms with Crippen molar-refractivity contribution in [2.24, 2.45) is 0 Å². The molecule has 0 aliphatic heterocycles. The predicted octanol–water partition coefficient (Wildman–Crippen LogP) is -1.35. The topological polar surface area (TPSA) is 60.7 Å². The van der Waals surface area contributed by atoms with Crippen LogP contribution in [0, 0.1) is 0 Å². The molecule has 0 aromatic carbocycles. The average Bonchev–Trinajstić information content (AvgIpc) is 1.68. The zero-order chi connectivity index (χ0) is 5.91. The molecule has 0 aliphatic rings. The minimum absolute atomic E-state index is 0.169. The summed E-state index contributed by atoms with van der Waals surface area (Å²) in [6.45, 7) is 1.59. The first-order valence-electron chi connectivity index (χ1n) is 1.98. The van der Waals surface area contributed by atoms with Crippen LogP contribution in [0.1, 0.15) is 13.3 Å². The number of hydrogen-bond acceptors (Lipinski definition) is 3. The Morgan fingerprint density at radius 1 is 1.57 bits per heavy atom. The Hall–Kier alpha value is 0.0969. The largest absolute Gasteiger partial charge is 0.428 e. The van der Waals surface area contributed by atoms with Crippen molar-refractivity contribution in [2.75, 3.05) is 0 Å². The molecule has 0 spiro atoms. The van der Waals surface area contributed by atoms with E-state index in [1.54, 1.807) is 6.92 Å². The van der Waals surface area contributed by atoms with Gasteiger partial charge in [-0.3, -0.25) is 0 Å². The van der Waals surface area contributed by atoms with E-state index in [9.17, 15) is 0 Å². The minimum Gasteiger partial charge on any atom is -0.428 e. The Labute approximate surface area is 44.5 Å². The van der Waals surface area contributed by atoms with Gasteiger partial charge in [0.2, 0.25) is 0 Å². The molecule has 42 valence electrons. The summed E-state index contributed by atoms with van der Waals surface area (Å²) < 4.78 is 0. The summed E-state index contributed by atoms with van der Waals surface area (Å²) in [5, 5.41) is 16.9. The second-order valence-electron chi connectivity index (χ2n) is 1.28. The molecule has 0 fully saturated rings. The van der Waals surface area contributed by atoms with Crippen molar-refractivity contribution in [2.45, 2.75) is 18.8 Å². The standard InChI is InChI=1S/C3H8O3Si/c1-2-3(4,5)7-6/h4-6H,2H2,1H3. The molecule has 0 aliphatic carbocycles. The fraction of sp³-hybridized carbons (Fsp3) is 1.00. The Kier molecular flexibility index (Phi) is 2.45. The molecule has 0 bridgehead atoms. The molecular weight excluding hydrogens is 112 g/mol. The SMILES string of the molecule is CCC(O)(O)[Si]O. The van der Waals surface area contributed by atoms with E-state index in [1.165, 1.54) is 0 Å². The lowest BCUT2D eigenvalue weighted by atomic mass is 10.5. The lowest BCUT2D eigenvalue weighted by Gasteiger charge is -2.12. The van der Waals surface area contributed by atoms with E-state index >= 15 is 0 Å². The number of rotatable bonds is 2. The van der Waals surface area contributed by atoms with Crippen LogP contribution in [0.15, 0.2) is 0 Å². The summed E-state index contributed by atoms with van der Waals surface area (Å²) >= 11 is 0. The molecule has 0 aromatic heterocycles. The highest BCUT2D eigenvalue weighted by molar-refractivity contribution is 6.28. The van der Waals surface area contributed by atoms with Gasteiger partial charge in [0.05, 0.1) is 0 Å². The summed E-state index contributed by atoms with van der Waals surface area (Å²) in [6.07, 6.45) is 0.169. The maximum atomic E-state index is 8.45. The van der Waals surface area contributed by atoms with Crippen LogP contribution in [0.5, 0.6) is 0 Å². The highest BCUT2D eigenvalue weighted by Crippen LogP contribution is 1.98. The van der Waals surface area contributed by atoms with Crippen molar-refractivity contribution in [3.05, 3.63) is 0 Å². The summed E-state index contributed by atoms with van der Waals surface area (Å²) in [5.41, 5.74) is -1.83. The van der Waals surface area contributed by atoms with Gasteiger partial charge in [-0.15, -0.1) is 0 Å². The van der Waals surface area contributed by atoms with Crippen LogP contribution in [0.4, 0.5) is 0 Å². The van der Waals surface area contributed by atoms with Crippen LogP contribution in [0.25, 0.3) is 0 Å². The van der Waals surface area contributed by atoms with Gasteiger partial charge in [0.15, 0.2) is 5.41 Å². The average molecular weight is 120 g/mol. The molecule has 3 N–H and O–H groups in total. The number of hydrogen-bond donors (Lipinski definition) is 3. The van der Waals surface area contributed by atoms with Crippen molar-refractivity contribution in [1.82, 2.24) is 0 Å². The maximum absolute atomic E-state index is 8.45. The van der Waals surface area contributed by atoms with E-state index in [1.807, 2.05) is 0 Å². The van der Waals surface area contributed by atoms with Gasteiger partial charge in [0.1, 0.15) is 0 Å². The van der Waals surface area contributed by atoms with Crippen molar-refractivity contribution < 1.29 is 15.0 Å². The van der Waals surface area contributed by atoms with Gasteiger partial charge >= 0.3 is 0 Å². The molecule has 0 aromatic rings. The highest BCUT2D eigenvalue weighted by Gasteiger charge is 2.19. The summed E-state index contributed by atoms with van der Waals surface area (Å²) in [7, 11) is -0.804. The lowest BCUT2D eigenvalue weighted by molar-refractivity contribution is -0.0973. The van der Waals surface area contributed by atoms with E-state index in [0.29, 0.717) is 0 Å². The summed E-state index contributed by atoms with van der Waals surface area (Å²) in [6, 6.07) is 0. The first kappa shape index (κ1) is 7.10. The van der Waals surface area contributed by atoms with E-state index in [-0.39, 0.29) is 6.42 Å². The van der Waals surface area contributed by atoms with Gasteiger partial charge in [-0.05, 0) is 6.42 Å². The first-order valence-corrected chi connectivity index (χ1v) is 2.93. The van der Waals surface area contributed by atoms with E-state index in [2.05, 4.69) is 0 Å². The van der Waals surface area contributed by atoms with Crippen LogP contribution in [0.2, 0.25) is 0 Å². The lowest BCUT2D eigenvalue weighted by Crippen LogP contribution is -2.34. The summed E-state index contributed by atoms with van der Waals surface area (Å²) in [4.78, 5) is 8.12. The zero-order valence-corrected chi connectivity index (χ0v) is 5.05. The summed E-state index contributed by atoms with van der Waals surface area (Å²) in [5.74, 6) is 0. The Morgan fingerprint density at radius 3 is 2.00 bits per heavy atom. The van der Waals surface area contributed by atoms with Gasteiger partial charge in [-0.1, -0.05) is 6.92 Å². The molecule has 0 rings (SSSR count). The van der Waals surface area contributed by atoms with Crippen molar-refractivity contribution in [3.63, 3.8) is 0 Å². The fourth-order valence-electron chi connectivity index (χ4n) is 0.0791. The quantitative estimate of drug-likeness (QED) is 0.312. The second-order valence-corrected chi connectivity index (χ2v) is 2.31. The molecule has 0 saturated heterocycles. The molecule has 2 radical (unpaired) electrons. The minimum atomic E-state index is -1.83. The maximum Gasteiger partial charge on any atom is 0.300 e. The molecule has 3 nitrogen and oxygen atoms in total. The Bertz CT molecular complexity index is 48.1. The van der Waals surface area contributed by atoms with Crippen LogP contribution >= 0.6 is 0 Å². The third-order valence-corrected chi connectivity index (χ3v) is 1.38. The van der Waals surface area contributed by atoms with Crippen LogP contribution < -0.4 is 0 Å². The third-order valence-electron chi connectivity index (χ3n) is 0.672. The zero-order valence-electron chi connectivity index (χ0n) is 4.05. The molecule has 0 unspecified atom stereocenters. The van der Waals surface area contributed by atoms with E-state index < -0.39 is 15.2 Å². The molecule has 7 heavy (non-hydrogen) atoms. The van der Waals surface area contributed by atoms with Crippen LogP contribution in [-0.4, -0.2) is 30.2 Å². The van der Waals surface area contributed by atoms with Crippen molar-refractivity contribution >= 4 is 9.76 Å². The first-order chi connectivity index (χ1) is 3.12. The molecule has 0 amide bonds. The van der Waals surface area contributed by atoms with Gasteiger partial charge < -0.3 is 15.0 Å². The smallest absolute Gasteiger partial charge is 0.300 e. The van der Waals surface area contributed by atoms with Crippen LogP contribution in [-0.2, 0) is 0 Å². The monoisotopic (exact) mass is 120 g/mol. The normalized spacial score (nSPS) is 12.0. The van der Waals surface area contributed by atoms with Crippen LogP contribution in [0.3, 0.4) is 0 Å². The molecule has 0 atom stereocenters. The van der Waals surface area contributed by atoms with Gasteiger partial charge in [0.25, 0.3) is 9.76 Å². The van der Waals surface area contributed by atoms with Gasteiger partial charge in [-0.2, -0.15) is 0 Å². The highest BCUT2D eigenvalue weighted by atomic mass is 28.2. The Morgan fingerprint density at radius 2 is 2.00 bits per heavy atom.